The van der Waals surface area contributed by atoms with E-state index in [9.17, 15) is 9.18 Å². The molecule has 0 aliphatic carbocycles. The first-order valence-electron chi connectivity index (χ1n) is 6.11. The monoisotopic (exact) mass is 253 g/mol. The maximum absolute atomic E-state index is 13.0. The Labute approximate surface area is 107 Å². The summed E-state index contributed by atoms with van der Waals surface area (Å²) in [5.41, 5.74) is 0.168. The summed E-state index contributed by atoms with van der Waals surface area (Å²) in [4.78, 5) is 19.5. The van der Waals surface area contributed by atoms with Crippen molar-refractivity contribution < 1.29 is 9.18 Å². The molecule has 4 nitrogen and oxygen atoms in total. The molecule has 1 aromatic heterocycles. The average molecular weight is 253 g/mol. The Morgan fingerprint density at radius 3 is 2.61 bits per heavy atom. The van der Waals surface area contributed by atoms with E-state index in [4.69, 9.17) is 0 Å². The third-order valence-electron chi connectivity index (χ3n) is 2.64. The van der Waals surface area contributed by atoms with Crippen molar-refractivity contribution in [1.82, 2.24) is 14.8 Å². The molecular formula is C13H20FN3O. The van der Waals surface area contributed by atoms with Crippen LogP contribution in [0.25, 0.3) is 0 Å². The van der Waals surface area contributed by atoms with Gasteiger partial charge in [0, 0.05) is 13.1 Å². The van der Waals surface area contributed by atoms with Gasteiger partial charge in [0.05, 0.1) is 0 Å². The largest absolute Gasteiger partial charge is 0.338 e. The number of hydrogen-bond donors (Lipinski definition) is 0. The van der Waals surface area contributed by atoms with Crippen LogP contribution in [0.2, 0.25) is 0 Å². The van der Waals surface area contributed by atoms with Crippen LogP contribution in [0.4, 0.5) is 4.39 Å². The molecule has 1 heterocycles. The summed E-state index contributed by atoms with van der Waals surface area (Å²) in [6.45, 7) is 4.09. The lowest BCUT2D eigenvalue weighted by atomic mass is 10.3. The number of nitrogens with zero attached hydrogens (tertiary/aromatic N) is 3. The SMILES string of the molecule is CCN(CCCN(C)C)C(=O)c1cccc(F)n1. The molecule has 0 spiro atoms. The highest BCUT2D eigenvalue weighted by atomic mass is 19.1. The first-order chi connectivity index (χ1) is 8.54. The van der Waals surface area contributed by atoms with Gasteiger partial charge in [-0.05, 0) is 46.1 Å². The van der Waals surface area contributed by atoms with E-state index < -0.39 is 5.95 Å². The van der Waals surface area contributed by atoms with Gasteiger partial charge >= 0.3 is 0 Å². The predicted molar refractivity (Wildman–Crippen MR) is 68.9 cm³/mol. The second-order valence-electron chi connectivity index (χ2n) is 4.39. The molecular weight excluding hydrogens is 233 g/mol. The number of rotatable bonds is 6. The Hall–Kier alpha value is -1.49. The number of aromatic nitrogens is 1. The lowest BCUT2D eigenvalue weighted by Crippen LogP contribution is -2.33. The highest BCUT2D eigenvalue weighted by Gasteiger charge is 2.15. The maximum Gasteiger partial charge on any atom is 0.272 e. The molecule has 0 saturated carbocycles. The number of carbonyl (C=O) groups excluding carboxylic acids is 1. The summed E-state index contributed by atoms with van der Waals surface area (Å²) in [6.07, 6.45) is 0.891. The second kappa shape index (κ2) is 7.06. The Morgan fingerprint density at radius 1 is 1.33 bits per heavy atom. The van der Waals surface area contributed by atoms with Gasteiger partial charge in [0.15, 0.2) is 0 Å². The molecule has 0 saturated heterocycles. The summed E-state index contributed by atoms with van der Waals surface area (Å²) in [7, 11) is 3.98. The molecule has 0 unspecified atom stereocenters. The third kappa shape index (κ3) is 4.41. The van der Waals surface area contributed by atoms with Crippen LogP contribution in [-0.4, -0.2) is 54.4 Å². The minimum Gasteiger partial charge on any atom is -0.338 e. The van der Waals surface area contributed by atoms with E-state index in [0.29, 0.717) is 13.1 Å². The van der Waals surface area contributed by atoms with Gasteiger partial charge in [-0.2, -0.15) is 4.39 Å². The normalized spacial score (nSPS) is 10.7. The van der Waals surface area contributed by atoms with Gasteiger partial charge in [0.2, 0.25) is 5.95 Å². The molecule has 1 aromatic rings. The van der Waals surface area contributed by atoms with Crippen LogP contribution in [0.1, 0.15) is 23.8 Å². The van der Waals surface area contributed by atoms with Crippen molar-refractivity contribution in [3.63, 3.8) is 0 Å². The summed E-state index contributed by atoms with van der Waals surface area (Å²) in [6, 6.07) is 4.28. The van der Waals surface area contributed by atoms with Gasteiger partial charge in [0.25, 0.3) is 5.91 Å². The van der Waals surface area contributed by atoms with Crippen LogP contribution >= 0.6 is 0 Å². The number of carbonyl (C=O) groups is 1. The van der Waals surface area contributed by atoms with Crippen molar-refractivity contribution in [3.8, 4) is 0 Å². The van der Waals surface area contributed by atoms with Crippen LogP contribution in [0, 0.1) is 5.95 Å². The lowest BCUT2D eigenvalue weighted by molar-refractivity contribution is 0.0752. The van der Waals surface area contributed by atoms with Crippen molar-refractivity contribution >= 4 is 5.91 Å². The van der Waals surface area contributed by atoms with Crippen LogP contribution in [-0.2, 0) is 0 Å². The standard InChI is InChI=1S/C13H20FN3O/c1-4-17(10-6-9-16(2)3)13(18)11-7-5-8-12(14)15-11/h5,7-8H,4,6,9-10H2,1-3H3. The number of pyridine rings is 1. The molecule has 5 heteroatoms. The fraction of sp³-hybridized carbons (Fsp3) is 0.538. The fourth-order valence-corrected chi connectivity index (χ4v) is 1.67. The fourth-order valence-electron chi connectivity index (χ4n) is 1.67. The van der Waals surface area contributed by atoms with Gasteiger partial charge in [-0.3, -0.25) is 4.79 Å². The minimum absolute atomic E-state index is 0.168. The Balaban J connectivity index is 2.62. The van der Waals surface area contributed by atoms with Crippen LogP contribution in [0.3, 0.4) is 0 Å². The minimum atomic E-state index is -0.620. The summed E-state index contributed by atoms with van der Waals surface area (Å²) < 4.78 is 13.0. The van der Waals surface area contributed by atoms with Gasteiger partial charge in [-0.25, -0.2) is 4.98 Å². The smallest absolute Gasteiger partial charge is 0.272 e. The molecule has 100 valence electrons. The summed E-state index contributed by atoms with van der Waals surface area (Å²) in [5.74, 6) is -0.832. The van der Waals surface area contributed by atoms with E-state index >= 15 is 0 Å². The highest BCUT2D eigenvalue weighted by molar-refractivity contribution is 5.92. The van der Waals surface area contributed by atoms with Crippen LogP contribution in [0.5, 0.6) is 0 Å². The first-order valence-corrected chi connectivity index (χ1v) is 6.11. The quantitative estimate of drug-likeness (QED) is 0.723. The molecule has 0 aliphatic rings. The van der Waals surface area contributed by atoms with Crippen molar-refractivity contribution in [2.24, 2.45) is 0 Å². The predicted octanol–water partition coefficient (Wildman–Crippen LogP) is 1.63. The number of hydrogen-bond acceptors (Lipinski definition) is 3. The Kier molecular flexibility index (Phi) is 5.71. The molecule has 0 atom stereocenters. The molecule has 1 rings (SSSR count). The van der Waals surface area contributed by atoms with E-state index in [1.165, 1.54) is 12.1 Å². The van der Waals surface area contributed by atoms with Gasteiger partial charge < -0.3 is 9.80 Å². The average Bonchev–Trinajstić information content (AvgIpc) is 2.33. The van der Waals surface area contributed by atoms with Gasteiger partial charge in [0.1, 0.15) is 5.69 Å². The topological polar surface area (TPSA) is 36.4 Å². The van der Waals surface area contributed by atoms with E-state index in [-0.39, 0.29) is 11.6 Å². The molecule has 1 amide bonds. The highest BCUT2D eigenvalue weighted by Crippen LogP contribution is 2.04. The maximum atomic E-state index is 13.0. The third-order valence-corrected chi connectivity index (χ3v) is 2.64. The zero-order chi connectivity index (χ0) is 13.5. The zero-order valence-corrected chi connectivity index (χ0v) is 11.2. The number of amides is 1. The van der Waals surface area contributed by atoms with Crippen molar-refractivity contribution in [2.45, 2.75) is 13.3 Å². The first kappa shape index (κ1) is 14.6. The molecule has 0 aliphatic heterocycles. The Bertz CT molecular complexity index is 396. The van der Waals surface area contributed by atoms with Crippen LogP contribution < -0.4 is 0 Å². The zero-order valence-electron chi connectivity index (χ0n) is 11.2. The molecule has 0 N–H and O–H groups in total. The number of halogens is 1. The van der Waals surface area contributed by atoms with E-state index in [1.54, 1.807) is 11.0 Å². The van der Waals surface area contributed by atoms with E-state index in [0.717, 1.165) is 13.0 Å². The Morgan fingerprint density at radius 2 is 2.06 bits per heavy atom. The second-order valence-corrected chi connectivity index (χ2v) is 4.39. The molecule has 0 aromatic carbocycles. The van der Waals surface area contributed by atoms with Gasteiger partial charge in [-0.15, -0.1) is 0 Å². The van der Waals surface area contributed by atoms with Gasteiger partial charge in [-0.1, -0.05) is 6.07 Å². The lowest BCUT2D eigenvalue weighted by Gasteiger charge is -2.21. The molecule has 0 radical (unpaired) electrons. The van der Waals surface area contributed by atoms with Crippen LogP contribution in [0.15, 0.2) is 18.2 Å². The van der Waals surface area contributed by atoms with E-state index in [2.05, 4.69) is 9.88 Å². The molecule has 0 fully saturated rings. The van der Waals surface area contributed by atoms with Crippen molar-refractivity contribution in [1.29, 1.82) is 0 Å². The van der Waals surface area contributed by atoms with E-state index in [1.807, 2.05) is 21.0 Å². The summed E-state index contributed by atoms with van der Waals surface area (Å²) >= 11 is 0. The van der Waals surface area contributed by atoms with Crippen molar-refractivity contribution in [3.05, 3.63) is 29.8 Å². The molecule has 18 heavy (non-hydrogen) atoms. The molecule has 0 bridgehead atoms. The van der Waals surface area contributed by atoms with Crippen molar-refractivity contribution in [2.75, 3.05) is 33.7 Å². The summed E-state index contributed by atoms with van der Waals surface area (Å²) in [5, 5.41) is 0.